The van der Waals surface area contributed by atoms with Crippen molar-refractivity contribution < 1.29 is 9.21 Å². The van der Waals surface area contributed by atoms with Crippen LogP contribution < -0.4 is 10.2 Å². The highest BCUT2D eigenvalue weighted by Crippen LogP contribution is 2.21. The molecule has 0 spiro atoms. The third kappa shape index (κ3) is 2.77. The molecule has 0 atom stereocenters. The minimum absolute atomic E-state index is 0.267. The van der Waals surface area contributed by atoms with E-state index in [1.165, 1.54) is 12.8 Å². The molecule has 0 unspecified atom stereocenters. The first kappa shape index (κ1) is 13.8. The van der Waals surface area contributed by atoms with E-state index in [0.717, 1.165) is 24.3 Å². The molecule has 5 heteroatoms. The highest BCUT2D eigenvalue weighted by molar-refractivity contribution is 6.04. The Morgan fingerprint density at radius 1 is 1.13 bits per heavy atom. The lowest BCUT2D eigenvalue weighted by Gasteiger charge is -2.16. The molecule has 1 aromatic carbocycles. The largest absolute Gasteiger partial charge is 0.451 e. The second kappa shape index (κ2) is 5.76. The fourth-order valence-corrected chi connectivity index (χ4v) is 2.88. The molecule has 116 valence electrons. The number of carbonyl (C=O) groups excluding carboxylic acids is 1. The first-order chi connectivity index (χ1) is 11.3. The molecule has 3 aromatic rings. The van der Waals surface area contributed by atoms with Crippen molar-refractivity contribution >= 4 is 28.4 Å². The number of para-hydroxylation sites is 1. The number of pyridine rings is 1. The molecule has 4 rings (SSSR count). The van der Waals surface area contributed by atoms with Gasteiger partial charge in [0.25, 0.3) is 5.91 Å². The van der Waals surface area contributed by atoms with Gasteiger partial charge in [0.2, 0.25) is 0 Å². The average Bonchev–Trinajstić information content (AvgIpc) is 3.25. The number of benzene rings is 1. The van der Waals surface area contributed by atoms with E-state index in [1.54, 1.807) is 12.3 Å². The van der Waals surface area contributed by atoms with Gasteiger partial charge < -0.3 is 14.6 Å². The normalized spacial score (nSPS) is 14.3. The SMILES string of the molecule is O=C(Nc1ccc(N2CCCC2)nc1)c1cc2ccccc2o1. The molecule has 0 bridgehead atoms. The summed E-state index contributed by atoms with van der Waals surface area (Å²) < 4.78 is 5.57. The third-order valence-electron chi connectivity index (χ3n) is 4.09. The quantitative estimate of drug-likeness (QED) is 0.802. The zero-order valence-corrected chi connectivity index (χ0v) is 12.7. The number of hydrogen-bond donors (Lipinski definition) is 1. The lowest BCUT2D eigenvalue weighted by molar-refractivity contribution is 0.0998. The standard InChI is InChI=1S/C18H17N3O2/c22-18(16-11-13-5-1-2-6-15(13)23-16)20-14-7-8-17(19-12-14)21-9-3-4-10-21/h1-2,5-8,11-12H,3-4,9-10H2,(H,20,22). The van der Waals surface area contributed by atoms with Crippen LogP contribution in [0.4, 0.5) is 11.5 Å². The van der Waals surface area contributed by atoms with Crippen LogP contribution in [-0.2, 0) is 0 Å². The summed E-state index contributed by atoms with van der Waals surface area (Å²) >= 11 is 0. The predicted molar refractivity (Wildman–Crippen MR) is 89.9 cm³/mol. The topological polar surface area (TPSA) is 58.4 Å². The first-order valence-corrected chi connectivity index (χ1v) is 7.80. The summed E-state index contributed by atoms with van der Waals surface area (Å²) in [5, 5.41) is 3.74. The number of carbonyl (C=O) groups is 1. The van der Waals surface area contributed by atoms with E-state index in [-0.39, 0.29) is 5.91 Å². The fourth-order valence-electron chi connectivity index (χ4n) is 2.88. The van der Waals surface area contributed by atoms with Crippen molar-refractivity contribution in [3.63, 3.8) is 0 Å². The van der Waals surface area contributed by atoms with Crippen LogP contribution in [0.5, 0.6) is 0 Å². The molecule has 0 saturated carbocycles. The minimum Gasteiger partial charge on any atom is -0.451 e. The molecule has 0 radical (unpaired) electrons. The number of fused-ring (bicyclic) bond motifs is 1. The van der Waals surface area contributed by atoms with Gasteiger partial charge in [-0.25, -0.2) is 4.98 Å². The maximum atomic E-state index is 12.3. The Morgan fingerprint density at radius 3 is 2.70 bits per heavy atom. The van der Waals surface area contributed by atoms with Gasteiger partial charge in [0.05, 0.1) is 11.9 Å². The van der Waals surface area contributed by atoms with Crippen molar-refractivity contribution in [2.45, 2.75) is 12.8 Å². The molecule has 23 heavy (non-hydrogen) atoms. The summed E-state index contributed by atoms with van der Waals surface area (Å²) in [6.07, 6.45) is 4.12. The van der Waals surface area contributed by atoms with Crippen LogP contribution in [-0.4, -0.2) is 24.0 Å². The van der Waals surface area contributed by atoms with Gasteiger partial charge in [-0.1, -0.05) is 18.2 Å². The second-order valence-corrected chi connectivity index (χ2v) is 5.70. The molecule has 1 fully saturated rings. The zero-order valence-electron chi connectivity index (χ0n) is 12.7. The second-order valence-electron chi connectivity index (χ2n) is 5.70. The number of rotatable bonds is 3. The van der Waals surface area contributed by atoms with Crippen LogP contribution in [0.25, 0.3) is 11.0 Å². The predicted octanol–water partition coefficient (Wildman–Crippen LogP) is 3.68. The summed E-state index contributed by atoms with van der Waals surface area (Å²) in [6.45, 7) is 2.11. The number of amides is 1. The smallest absolute Gasteiger partial charge is 0.291 e. The molecular weight excluding hydrogens is 290 g/mol. The molecule has 1 aliphatic rings. The van der Waals surface area contributed by atoms with Gasteiger partial charge in [-0.3, -0.25) is 4.79 Å². The molecule has 3 heterocycles. The Kier molecular flexibility index (Phi) is 3.46. The van der Waals surface area contributed by atoms with Gasteiger partial charge in [0.15, 0.2) is 5.76 Å². The van der Waals surface area contributed by atoms with E-state index in [1.807, 2.05) is 36.4 Å². The maximum Gasteiger partial charge on any atom is 0.291 e. The van der Waals surface area contributed by atoms with E-state index in [2.05, 4.69) is 15.2 Å². The summed E-state index contributed by atoms with van der Waals surface area (Å²) in [7, 11) is 0. The summed E-state index contributed by atoms with van der Waals surface area (Å²) in [5.74, 6) is 0.996. The van der Waals surface area contributed by atoms with E-state index in [9.17, 15) is 4.79 Å². The number of nitrogens with one attached hydrogen (secondary N) is 1. The number of nitrogens with zero attached hydrogens (tertiary/aromatic N) is 2. The minimum atomic E-state index is -0.267. The van der Waals surface area contributed by atoms with Crippen molar-refractivity contribution in [2.24, 2.45) is 0 Å². The molecule has 1 aliphatic heterocycles. The van der Waals surface area contributed by atoms with Gasteiger partial charge >= 0.3 is 0 Å². The van der Waals surface area contributed by atoms with Crippen LogP contribution in [0.1, 0.15) is 23.4 Å². The Morgan fingerprint density at radius 2 is 1.96 bits per heavy atom. The third-order valence-corrected chi connectivity index (χ3v) is 4.09. The fraction of sp³-hybridized carbons (Fsp3) is 0.222. The van der Waals surface area contributed by atoms with Crippen LogP contribution in [0.2, 0.25) is 0 Å². The number of furan rings is 1. The van der Waals surface area contributed by atoms with Gasteiger partial charge in [0, 0.05) is 18.5 Å². The van der Waals surface area contributed by atoms with Crippen LogP contribution >= 0.6 is 0 Å². The van der Waals surface area contributed by atoms with Gasteiger partial charge in [-0.15, -0.1) is 0 Å². The van der Waals surface area contributed by atoms with E-state index >= 15 is 0 Å². The van der Waals surface area contributed by atoms with Gasteiger partial charge in [-0.05, 0) is 37.1 Å². The van der Waals surface area contributed by atoms with Gasteiger partial charge in [0.1, 0.15) is 11.4 Å². The summed E-state index contributed by atoms with van der Waals surface area (Å²) in [5.41, 5.74) is 1.37. The van der Waals surface area contributed by atoms with Crippen molar-refractivity contribution in [1.29, 1.82) is 0 Å². The zero-order chi connectivity index (χ0) is 15.6. The molecule has 5 nitrogen and oxygen atoms in total. The molecule has 2 aromatic heterocycles. The van der Waals surface area contributed by atoms with E-state index in [4.69, 9.17) is 4.42 Å². The molecule has 1 N–H and O–H groups in total. The van der Waals surface area contributed by atoms with E-state index < -0.39 is 0 Å². The lowest BCUT2D eigenvalue weighted by Crippen LogP contribution is -2.19. The van der Waals surface area contributed by atoms with Gasteiger partial charge in [-0.2, -0.15) is 0 Å². The monoisotopic (exact) mass is 307 g/mol. The average molecular weight is 307 g/mol. The Hall–Kier alpha value is -2.82. The number of hydrogen-bond acceptors (Lipinski definition) is 4. The maximum absolute atomic E-state index is 12.3. The van der Waals surface area contributed by atoms with Crippen LogP contribution in [0.3, 0.4) is 0 Å². The number of anilines is 2. The summed E-state index contributed by atoms with van der Waals surface area (Å²) in [6, 6.07) is 13.1. The molecule has 0 aliphatic carbocycles. The Balaban J connectivity index is 1.49. The van der Waals surface area contributed by atoms with Crippen molar-refractivity contribution in [1.82, 2.24) is 4.98 Å². The lowest BCUT2D eigenvalue weighted by atomic mass is 10.2. The Labute approximate surface area is 133 Å². The van der Waals surface area contributed by atoms with Crippen molar-refractivity contribution in [3.05, 3.63) is 54.4 Å². The molecular formula is C18H17N3O2. The van der Waals surface area contributed by atoms with Crippen molar-refractivity contribution in [2.75, 3.05) is 23.3 Å². The van der Waals surface area contributed by atoms with Crippen LogP contribution in [0.15, 0.2) is 53.1 Å². The highest BCUT2D eigenvalue weighted by atomic mass is 16.3. The molecule has 1 saturated heterocycles. The molecule has 1 amide bonds. The van der Waals surface area contributed by atoms with E-state index in [0.29, 0.717) is 17.0 Å². The highest BCUT2D eigenvalue weighted by Gasteiger charge is 2.15. The first-order valence-electron chi connectivity index (χ1n) is 7.80. The Bertz CT molecular complexity index is 800. The number of aromatic nitrogens is 1. The van der Waals surface area contributed by atoms with Crippen LogP contribution in [0, 0.1) is 0 Å². The van der Waals surface area contributed by atoms with Crippen molar-refractivity contribution in [3.8, 4) is 0 Å². The summed E-state index contributed by atoms with van der Waals surface area (Å²) in [4.78, 5) is 19.0.